The van der Waals surface area contributed by atoms with Gasteiger partial charge in [0, 0.05) is 19.2 Å². The smallest absolute Gasteiger partial charge is 0.133 e. The fourth-order valence-electron chi connectivity index (χ4n) is 2.33. The molecule has 0 bridgehead atoms. The van der Waals surface area contributed by atoms with Crippen molar-refractivity contribution in [3.05, 3.63) is 39.5 Å². The van der Waals surface area contributed by atoms with Crippen LogP contribution in [-0.2, 0) is 17.8 Å². The molecule has 1 aromatic heterocycles. The van der Waals surface area contributed by atoms with Gasteiger partial charge in [0.15, 0.2) is 0 Å². The van der Waals surface area contributed by atoms with E-state index in [1.165, 1.54) is 5.56 Å². The summed E-state index contributed by atoms with van der Waals surface area (Å²) in [6.45, 7) is 1.40. The van der Waals surface area contributed by atoms with Gasteiger partial charge in [-0.3, -0.25) is 0 Å². The normalized spacial score (nSPS) is 13.4. The first-order valence-electron chi connectivity index (χ1n) is 6.00. The molecule has 0 saturated carbocycles. The second-order valence-corrected chi connectivity index (χ2v) is 5.15. The number of methoxy groups -OCH3 is 1. The van der Waals surface area contributed by atoms with Crippen LogP contribution in [-0.4, -0.2) is 23.4 Å². The third kappa shape index (κ3) is 2.10. The van der Waals surface area contributed by atoms with Gasteiger partial charge in [0.05, 0.1) is 28.0 Å². The molecule has 1 aromatic carbocycles. The van der Waals surface area contributed by atoms with Gasteiger partial charge in [-0.15, -0.1) is 0 Å². The van der Waals surface area contributed by atoms with Crippen LogP contribution < -0.4 is 5.32 Å². The van der Waals surface area contributed by atoms with Crippen molar-refractivity contribution in [3.63, 3.8) is 0 Å². The van der Waals surface area contributed by atoms with Crippen LogP contribution in [0.3, 0.4) is 0 Å². The molecule has 100 valence electrons. The van der Waals surface area contributed by atoms with E-state index in [0.717, 1.165) is 30.2 Å². The Morgan fingerprint density at radius 2 is 2.26 bits per heavy atom. The minimum Gasteiger partial charge on any atom is -0.378 e. The van der Waals surface area contributed by atoms with Crippen molar-refractivity contribution in [2.24, 2.45) is 0 Å². The van der Waals surface area contributed by atoms with E-state index < -0.39 is 0 Å². The molecule has 0 unspecified atom stereocenters. The number of hydrogen-bond donors (Lipinski definition) is 1. The lowest BCUT2D eigenvalue weighted by Crippen LogP contribution is -2.05. The second-order valence-electron chi connectivity index (χ2n) is 4.37. The number of nitrogens with zero attached hydrogens (tertiary/aromatic N) is 2. The summed E-state index contributed by atoms with van der Waals surface area (Å²) in [6.07, 6.45) is 0.951. The molecule has 0 aliphatic carbocycles. The van der Waals surface area contributed by atoms with E-state index >= 15 is 0 Å². The van der Waals surface area contributed by atoms with Gasteiger partial charge >= 0.3 is 0 Å². The maximum atomic E-state index is 6.26. The molecule has 2 aromatic rings. The molecule has 19 heavy (non-hydrogen) atoms. The van der Waals surface area contributed by atoms with Gasteiger partial charge in [-0.1, -0.05) is 29.3 Å². The molecule has 0 fully saturated rings. The van der Waals surface area contributed by atoms with Crippen LogP contribution in [0.4, 0.5) is 5.82 Å². The highest BCUT2D eigenvalue weighted by atomic mass is 35.5. The zero-order valence-electron chi connectivity index (χ0n) is 10.4. The van der Waals surface area contributed by atoms with Crippen LogP contribution in [0.2, 0.25) is 10.0 Å². The number of aromatic nitrogens is 2. The van der Waals surface area contributed by atoms with Gasteiger partial charge in [0.2, 0.25) is 0 Å². The Morgan fingerprint density at radius 3 is 3.05 bits per heavy atom. The molecule has 1 N–H and O–H groups in total. The lowest BCUT2D eigenvalue weighted by Gasteiger charge is -2.09. The van der Waals surface area contributed by atoms with Crippen LogP contribution >= 0.6 is 23.2 Å². The predicted octanol–water partition coefficient (Wildman–Crippen LogP) is 3.29. The highest BCUT2D eigenvalue weighted by Crippen LogP contribution is 2.34. The highest BCUT2D eigenvalue weighted by molar-refractivity contribution is 6.43. The lowest BCUT2D eigenvalue weighted by molar-refractivity contribution is 0.180. The van der Waals surface area contributed by atoms with E-state index in [9.17, 15) is 0 Å². The number of nitrogens with one attached hydrogen (secondary N) is 1. The second kappa shape index (κ2) is 5.04. The van der Waals surface area contributed by atoms with Crippen LogP contribution in [0.25, 0.3) is 5.69 Å². The number of halogens is 2. The quantitative estimate of drug-likeness (QED) is 0.945. The van der Waals surface area contributed by atoms with Gasteiger partial charge in [-0.25, -0.2) is 4.68 Å². The molecule has 4 nitrogen and oxygen atoms in total. The summed E-state index contributed by atoms with van der Waals surface area (Å²) < 4.78 is 7.00. The molecule has 0 saturated heterocycles. The Hall–Kier alpha value is -1.23. The summed E-state index contributed by atoms with van der Waals surface area (Å²) in [5, 5.41) is 8.95. The van der Waals surface area contributed by atoms with E-state index in [2.05, 4.69) is 10.4 Å². The molecule has 0 radical (unpaired) electrons. The molecule has 1 aliphatic rings. The maximum Gasteiger partial charge on any atom is 0.133 e. The first kappa shape index (κ1) is 12.8. The largest absolute Gasteiger partial charge is 0.378 e. The molecule has 0 amide bonds. The average molecular weight is 298 g/mol. The molecular formula is C13H13Cl2N3O. The minimum absolute atomic E-state index is 0.495. The van der Waals surface area contributed by atoms with Crippen molar-refractivity contribution in [2.75, 3.05) is 19.0 Å². The molecule has 1 aliphatic heterocycles. The first-order valence-corrected chi connectivity index (χ1v) is 6.76. The van der Waals surface area contributed by atoms with Crippen molar-refractivity contribution < 1.29 is 4.74 Å². The first-order chi connectivity index (χ1) is 9.22. The third-order valence-corrected chi connectivity index (χ3v) is 3.98. The molecule has 0 atom stereocenters. The lowest BCUT2D eigenvalue weighted by atomic mass is 10.2. The molecule has 2 heterocycles. The number of hydrogen-bond acceptors (Lipinski definition) is 3. The van der Waals surface area contributed by atoms with Crippen LogP contribution in [0.15, 0.2) is 18.2 Å². The maximum absolute atomic E-state index is 6.26. The third-order valence-electron chi connectivity index (χ3n) is 3.17. The number of ether oxygens (including phenoxy) is 1. The monoisotopic (exact) mass is 297 g/mol. The number of fused-ring (bicyclic) bond motifs is 1. The van der Waals surface area contributed by atoms with Crippen LogP contribution in [0, 0.1) is 0 Å². The number of anilines is 1. The Kier molecular flexibility index (Phi) is 3.39. The summed E-state index contributed by atoms with van der Waals surface area (Å²) >= 11 is 12.3. The molecule has 3 rings (SSSR count). The standard InChI is InChI=1S/C13H13Cl2N3O/c1-19-7-10-8-5-6-16-13(8)18(17-10)11-4-2-3-9(14)12(11)15/h2-4,16H,5-7H2,1H3. The van der Waals surface area contributed by atoms with Gasteiger partial charge < -0.3 is 10.1 Å². The van der Waals surface area contributed by atoms with Crippen molar-refractivity contribution in [3.8, 4) is 5.69 Å². The van der Waals surface area contributed by atoms with Crippen LogP contribution in [0.1, 0.15) is 11.3 Å². The van der Waals surface area contributed by atoms with Gasteiger partial charge in [-0.05, 0) is 18.6 Å². The van der Waals surface area contributed by atoms with Gasteiger partial charge in [0.25, 0.3) is 0 Å². The zero-order chi connectivity index (χ0) is 13.4. The van der Waals surface area contributed by atoms with E-state index in [1.807, 2.05) is 16.8 Å². The number of benzene rings is 1. The minimum atomic E-state index is 0.495. The van der Waals surface area contributed by atoms with Gasteiger partial charge in [-0.2, -0.15) is 5.10 Å². The fourth-order valence-corrected chi connectivity index (χ4v) is 2.70. The van der Waals surface area contributed by atoms with Crippen LogP contribution in [0.5, 0.6) is 0 Å². The topological polar surface area (TPSA) is 39.1 Å². The predicted molar refractivity (Wildman–Crippen MR) is 76.5 cm³/mol. The molecule has 6 heteroatoms. The highest BCUT2D eigenvalue weighted by Gasteiger charge is 2.24. The van der Waals surface area contributed by atoms with E-state index in [0.29, 0.717) is 16.7 Å². The summed E-state index contributed by atoms with van der Waals surface area (Å²) in [6, 6.07) is 5.53. The summed E-state index contributed by atoms with van der Waals surface area (Å²) in [4.78, 5) is 0. The molecule has 0 spiro atoms. The van der Waals surface area contributed by atoms with Crippen molar-refractivity contribution in [2.45, 2.75) is 13.0 Å². The van der Waals surface area contributed by atoms with Crippen molar-refractivity contribution >= 4 is 29.0 Å². The fraction of sp³-hybridized carbons (Fsp3) is 0.308. The Morgan fingerprint density at radius 1 is 1.42 bits per heavy atom. The Labute approximate surface area is 121 Å². The summed E-state index contributed by atoms with van der Waals surface area (Å²) in [7, 11) is 1.67. The average Bonchev–Trinajstić information content (AvgIpc) is 2.97. The molecular weight excluding hydrogens is 285 g/mol. The Balaban J connectivity index is 2.15. The van der Waals surface area contributed by atoms with E-state index in [4.69, 9.17) is 27.9 Å². The Bertz CT molecular complexity index is 625. The van der Waals surface area contributed by atoms with E-state index in [-0.39, 0.29) is 0 Å². The van der Waals surface area contributed by atoms with Crippen molar-refractivity contribution in [1.29, 1.82) is 0 Å². The van der Waals surface area contributed by atoms with Gasteiger partial charge in [0.1, 0.15) is 5.82 Å². The summed E-state index contributed by atoms with van der Waals surface area (Å²) in [5.41, 5.74) is 2.92. The SMILES string of the molecule is COCc1nn(-c2cccc(Cl)c2Cl)c2c1CCN2. The number of rotatable bonds is 3. The zero-order valence-corrected chi connectivity index (χ0v) is 11.9. The van der Waals surface area contributed by atoms with Crippen molar-refractivity contribution in [1.82, 2.24) is 9.78 Å². The van der Waals surface area contributed by atoms with E-state index in [1.54, 1.807) is 13.2 Å². The summed E-state index contributed by atoms with van der Waals surface area (Å²) in [5.74, 6) is 0.983.